The molecule has 0 aliphatic rings. The van der Waals surface area contributed by atoms with Crippen molar-refractivity contribution in [2.45, 2.75) is 6.54 Å². The van der Waals surface area contributed by atoms with Crippen LogP contribution in [0.2, 0.25) is 0 Å². The van der Waals surface area contributed by atoms with Gasteiger partial charge in [0, 0.05) is 36.8 Å². The molecule has 0 aliphatic carbocycles. The fourth-order valence-corrected chi connectivity index (χ4v) is 2.70. The third-order valence-corrected chi connectivity index (χ3v) is 4.32. The van der Waals surface area contributed by atoms with E-state index in [2.05, 4.69) is 9.97 Å². The second kappa shape index (κ2) is 6.60. The van der Waals surface area contributed by atoms with Crippen molar-refractivity contribution in [3.05, 3.63) is 64.3 Å². The van der Waals surface area contributed by atoms with Gasteiger partial charge in [0.15, 0.2) is 0 Å². The Labute approximate surface area is 139 Å². The van der Waals surface area contributed by atoms with E-state index in [1.54, 1.807) is 30.5 Å². The molecule has 6 nitrogen and oxygen atoms in total. The predicted octanol–water partition coefficient (Wildman–Crippen LogP) is 2.30. The van der Waals surface area contributed by atoms with Gasteiger partial charge < -0.3 is 4.98 Å². The monoisotopic (exact) mass is 347 g/mol. The predicted molar refractivity (Wildman–Crippen MR) is 90.0 cm³/mol. The number of hydrogen-bond acceptors (Lipinski definition) is 3. The van der Waals surface area contributed by atoms with Gasteiger partial charge in [-0.25, -0.2) is 13.6 Å². The van der Waals surface area contributed by atoms with Crippen LogP contribution in [0.4, 0.5) is 4.39 Å². The van der Waals surface area contributed by atoms with Gasteiger partial charge in [-0.15, -0.1) is 0 Å². The first-order valence-electron chi connectivity index (χ1n) is 7.04. The van der Waals surface area contributed by atoms with Crippen LogP contribution in [0.15, 0.2) is 47.4 Å². The molecule has 8 heteroatoms. The number of aromatic nitrogens is 2. The lowest BCUT2D eigenvalue weighted by Gasteiger charge is -2.13. The molecule has 0 saturated heterocycles. The smallest absolute Gasteiger partial charge is 0.249 e. The first kappa shape index (κ1) is 16.4. The number of hydrogen-bond donors (Lipinski definition) is 2. The van der Waals surface area contributed by atoms with Gasteiger partial charge in [0.1, 0.15) is 11.5 Å². The minimum Gasteiger partial charge on any atom is -0.307 e. The van der Waals surface area contributed by atoms with Crippen molar-refractivity contribution in [1.82, 2.24) is 14.3 Å². The number of halogens is 1. The Morgan fingerprint density at radius 3 is 2.79 bits per heavy atom. The SMILES string of the molecule is CN(Cc1ccc(-c2ccnc3[nH]c(=O)ccc23)cc1F)S(=O)O. The summed E-state index contributed by atoms with van der Waals surface area (Å²) >= 11 is -2.16. The van der Waals surface area contributed by atoms with Gasteiger partial charge in [0.25, 0.3) is 0 Å². The molecule has 3 rings (SSSR count). The van der Waals surface area contributed by atoms with Gasteiger partial charge in [-0.1, -0.05) is 12.1 Å². The highest BCUT2D eigenvalue weighted by Gasteiger charge is 2.12. The highest BCUT2D eigenvalue weighted by atomic mass is 32.2. The Hall–Kier alpha value is -2.42. The van der Waals surface area contributed by atoms with E-state index >= 15 is 0 Å². The molecule has 1 atom stereocenters. The van der Waals surface area contributed by atoms with Crippen molar-refractivity contribution < 1.29 is 13.2 Å². The van der Waals surface area contributed by atoms with E-state index in [-0.39, 0.29) is 12.1 Å². The zero-order valence-corrected chi connectivity index (χ0v) is 13.5. The van der Waals surface area contributed by atoms with E-state index in [4.69, 9.17) is 4.55 Å². The molecule has 0 amide bonds. The molecule has 1 unspecified atom stereocenters. The first-order valence-corrected chi connectivity index (χ1v) is 8.11. The van der Waals surface area contributed by atoms with Crippen molar-refractivity contribution >= 4 is 22.3 Å². The quantitative estimate of drug-likeness (QED) is 0.709. The Kier molecular flexibility index (Phi) is 4.52. The van der Waals surface area contributed by atoms with Crippen molar-refractivity contribution in [2.24, 2.45) is 0 Å². The van der Waals surface area contributed by atoms with Crippen molar-refractivity contribution in [3.63, 3.8) is 0 Å². The fraction of sp³-hybridized carbons (Fsp3) is 0.125. The topological polar surface area (TPSA) is 86.3 Å². The normalized spacial score (nSPS) is 12.7. The molecule has 2 N–H and O–H groups in total. The van der Waals surface area contributed by atoms with Crippen LogP contribution in [0.1, 0.15) is 5.56 Å². The van der Waals surface area contributed by atoms with E-state index < -0.39 is 17.1 Å². The van der Waals surface area contributed by atoms with Crippen molar-refractivity contribution in [2.75, 3.05) is 7.05 Å². The van der Waals surface area contributed by atoms with E-state index in [0.29, 0.717) is 22.2 Å². The summed E-state index contributed by atoms with van der Waals surface area (Å²) in [5.74, 6) is -0.473. The Morgan fingerprint density at radius 1 is 1.29 bits per heavy atom. The molecule has 0 aliphatic heterocycles. The van der Waals surface area contributed by atoms with Crippen LogP contribution < -0.4 is 5.56 Å². The lowest BCUT2D eigenvalue weighted by Crippen LogP contribution is -2.20. The average Bonchev–Trinajstić information content (AvgIpc) is 2.55. The maximum atomic E-state index is 14.3. The molecule has 2 aromatic heterocycles. The zero-order valence-electron chi connectivity index (χ0n) is 12.7. The average molecular weight is 347 g/mol. The van der Waals surface area contributed by atoms with Crippen LogP contribution >= 0.6 is 0 Å². The molecule has 2 heterocycles. The van der Waals surface area contributed by atoms with E-state index in [1.165, 1.54) is 19.2 Å². The zero-order chi connectivity index (χ0) is 17.3. The van der Waals surface area contributed by atoms with Crippen LogP contribution in [0, 0.1) is 5.82 Å². The number of nitrogens with one attached hydrogen (secondary N) is 1. The molecular formula is C16H14FN3O3S. The number of nitrogens with zero attached hydrogens (tertiary/aromatic N) is 2. The lowest BCUT2D eigenvalue weighted by atomic mass is 10.0. The minimum atomic E-state index is -2.16. The molecule has 0 fully saturated rings. The molecule has 124 valence electrons. The van der Waals surface area contributed by atoms with Gasteiger partial charge in [0.05, 0.1) is 0 Å². The van der Waals surface area contributed by atoms with Gasteiger partial charge in [-0.3, -0.25) is 9.35 Å². The van der Waals surface area contributed by atoms with Crippen LogP contribution in [0.25, 0.3) is 22.2 Å². The molecule has 0 radical (unpaired) electrons. The number of fused-ring (bicyclic) bond motifs is 1. The van der Waals surface area contributed by atoms with Gasteiger partial charge in [0.2, 0.25) is 16.8 Å². The number of pyridine rings is 2. The van der Waals surface area contributed by atoms with Crippen molar-refractivity contribution in [1.29, 1.82) is 0 Å². The summed E-state index contributed by atoms with van der Waals surface area (Å²) in [7, 11) is 1.43. The van der Waals surface area contributed by atoms with Gasteiger partial charge >= 0.3 is 0 Å². The summed E-state index contributed by atoms with van der Waals surface area (Å²) < 4.78 is 35.4. The molecular weight excluding hydrogens is 333 g/mol. The summed E-state index contributed by atoms with van der Waals surface area (Å²) in [6.07, 6.45) is 1.54. The maximum Gasteiger partial charge on any atom is 0.249 e. The molecule has 3 aromatic rings. The second-order valence-electron chi connectivity index (χ2n) is 5.27. The molecule has 0 saturated carbocycles. The van der Waals surface area contributed by atoms with E-state index in [0.717, 1.165) is 9.87 Å². The number of benzene rings is 1. The summed E-state index contributed by atoms with van der Waals surface area (Å²) in [6.45, 7) is 0.0135. The second-order valence-corrected chi connectivity index (χ2v) is 6.35. The summed E-state index contributed by atoms with van der Waals surface area (Å²) in [6, 6.07) is 9.44. The van der Waals surface area contributed by atoms with Crippen molar-refractivity contribution in [3.8, 4) is 11.1 Å². The van der Waals surface area contributed by atoms with Crippen LogP contribution in [0.3, 0.4) is 0 Å². The maximum absolute atomic E-state index is 14.3. The number of aromatic amines is 1. The largest absolute Gasteiger partial charge is 0.307 e. The van der Waals surface area contributed by atoms with E-state index in [9.17, 15) is 13.4 Å². The van der Waals surface area contributed by atoms with E-state index in [1.807, 2.05) is 0 Å². The standard InChI is InChI=1S/C16H14FN3O3S/c1-20(24(22)23)9-11-3-2-10(8-14(11)17)12-6-7-18-16-13(12)4-5-15(21)19-16/h2-8H,9H2,1H3,(H,22,23)(H,18,19,21). The van der Waals surface area contributed by atoms with Crippen LogP contribution in [-0.4, -0.2) is 30.1 Å². The molecule has 0 bridgehead atoms. The van der Waals surface area contributed by atoms with Crippen LogP contribution in [0.5, 0.6) is 0 Å². The Bertz CT molecular complexity index is 990. The third-order valence-electron chi connectivity index (χ3n) is 3.66. The molecule has 1 aromatic carbocycles. The summed E-state index contributed by atoms with van der Waals surface area (Å²) in [4.78, 5) is 18.1. The third kappa shape index (κ3) is 3.25. The lowest BCUT2D eigenvalue weighted by molar-refractivity contribution is 0.437. The van der Waals surface area contributed by atoms with Crippen LogP contribution in [-0.2, 0) is 17.8 Å². The molecule has 24 heavy (non-hydrogen) atoms. The fourth-order valence-electron chi connectivity index (χ4n) is 2.45. The number of H-pyrrole nitrogens is 1. The number of rotatable bonds is 4. The summed E-state index contributed by atoms with van der Waals surface area (Å²) in [5, 5.41) is 0.706. The highest BCUT2D eigenvalue weighted by Crippen LogP contribution is 2.27. The summed E-state index contributed by atoms with van der Waals surface area (Å²) in [5.41, 5.74) is 1.85. The van der Waals surface area contributed by atoms with Gasteiger partial charge in [-0.05, 0) is 29.3 Å². The molecule has 0 spiro atoms. The Balaban J connectivity index is 2.04. The minimum absolute atomic E-state index is 0.0135. The van der Waals surface area contributed by atoms with Gasteiger partial charge in [-0.2, -0.15) is 4.31 Å². The first-order chi connectivity index (χ1) is 11.5. The highest BCUT2D eigenvalue weighted by molar-refractivity contribution is 7.76. The Morgan fingerprint density at radius 2 is 2.08 bits per heavy atom.